The first-order valence-electron chi connectivity index (χ1n) is 11.6. The summed E-state index contributed by atoms with van der Waals surface area (Å²) in [7, 11) is 0. The molecule has 0 aliphatic heterocycles. The largest absolute Gasteiger partial charge is 0.466 e. The molecule has 0 spiro atoms. The van der Waals surface area contributed by atoms with Crippen LogP contribution in [0.4, 0.5) is 0 Å². The molecule has 4 rings (SSSR count). The third kappa shape index (κ3) is 5.85. The zero-order valence-electron chi connectivity index (χ0n) is 19.4. The third-order valence-corrected chi connectivity index (χ3v) is 6.16. The van der Waals surface area contributed by atoms with E-state index in [0.717, 1.165) is 11.1 Å². The molecule has 4 heteroatoms. The van der Waals surface area contributed by atoms with Crippen LogP contribution in [0.5, 0.6) is 0 Å². The van der Waals surface area contributed by atoms with Gasteiger partial charge >= 0.3 is 12.4 Å². The molecule has 0 aliphatic rings. The maximum absolute atomic E-state index is 13.1. The van der Waals surface area contributed by atoms with Crippen LogP contribution in [-0.4, -0.2) is 19.0 Å². The van der Waals surface area contributed by atoms with Gasteiger partial charge < -0.3 is 9.47 Å². The topological polar surface area (TPSA) is 52.6 Å². The minimum absolute atomic E-state index is 0.0952. The van der Waals surface area contributed by atoms with Crippen LogP contribution < -0.4 is 0 Å². The van der Waals surface area contributed by atoms with E-state index in [0.29, 0.717) is 17.5 Å². The summed E-state index contributed by atoms with van der Waals surface area (Å²) < 4.78 is 11.2. The van der Waals surface area contributed by atoms with E-state index in [-0.39, 0.29) is 18.9 Å². The molecule has 0 aliphatic carbocycles. The molecule has 4 nitrogen and oxygen atoms in total. The number of rotatable bonds is 11. The second-order valence-electron chi connectivity index (χ2n) is 8.30. The van der Waals surface area contributed by atoms with Gasteiger partial charge in [-0.25, -0.2) is 4.79 Å². The normalized spacial score (nSPS) is 11.1. The maximum Gasteiger partial charge on any atom is 0.418 e. The Morgan fingerprint density at radius 2 is 1.11 bits per heavy atom. The monoisotopic (exact) mass is 463 g/mol. The van der Waals surface area contributed by atoms with Crippen molar-refractivity contribution in [3.8, 4) is 0 Å². The summed E-state index contributed by atoms with van der Waals surface area (Å²) in [5, 5.41) is 0. The highest BCUT2D eigenvalue weighted by atomic mass is 16.6. The van der Waals surface area contributed by atoms with Crippen LogP contribution in [-0.2, 0) is 24.7 Å². The molecule has 0 saturated heterocycles. The van der Waals surface area contributed by atoms with Crippen molar-refractivity contribution >= 4 is 12.4 Å². The lowest BCUT2D eigenvalue weighted by Crippen LogP contribution is -2.34. The Balaban J connectivity index is 1.52. The van der Waals surface area contributed by atoms with E-state index >= 15 is 0 Å². The number of carbonyl (C=O) groups is 1. The van der Waals surface area contributed by atoms with Gasteiger partial charge in [-0.15, -0.1) is 0 Å². The molecular weight excluding hydrogens is 436 g/mol. The van der Waals surface area contributed by atoms with Gasteiger partial charge in [0.05, 0.1) is 13.0 Å². The van der Waals surface area contributed by atoms with Crippen LogP contribution in [0, 0.1) is 0 Å². The molecule has 0 atom stereocenters. The second-order valence-corrected chi connectivity index (χ2v) is 8.30. The Bertz CT molecular complexity index is 1110. The summed E-state index contributed by atoms with van der Waals surface area (Å²) >= 11 is 0. The van der Waals surface area contributed by atoms with Crippen molar-refractivity contribution in [3.05, 3.63) is 144 Å². The molecule has 4 aromatic rings. The first-order valence-corrected chi connectivity index (χ1v) is 11.6. The Morgan fingerprint density at radius 3 is 1.54 bits per heavy atom. The summed E-state index contributed by atoms with van der Waals surface area (Å²) in [6.45, 7) is 1.80. The Hall–Kier alpha value is -4.18. The van der Waals surface area contributed by atoms with Crippen molar-refractivity contribution < 1.29 is 19.1 Å². The molecule has 35 heavy (non-hydrogen) atoms. The Morgan fingerprint density at radius 1 is 0.686 bits per heavy atom. The van der Waals surface area contributed by atoms with Crippen molar-refractivity contribution in [2.45, 2.75) is 24.4 Å². The third-order valence-electron chi connectivity index (χ3n) is 6.16. The number of ether oxygens (including phenoxy) is 2. The molecule has 0 unspecified atom stereocenters. The van der Waals surface area contributed by atoms with Gasteiger partial charge in [0.1, 0.15) is 0 Å². The molecule has 4 aromatic carbocycles. The van der Waals surface area contributed by atoms with Gasteiger partial charge in [-0.1, -0.05) is 121 Å². The fourth-order valence-electron chi connectivity index (χ4n) is 4.45. The number of hydrogen-bond acceptors (Lipinski definition) is 4. The average Bonchev–Trinajstić information content (AvgIpc) is 2.93. The van der Waals surface area contributed by atoms with E-state index in [1.165, 1.54) is 0 Å². The van der Waals surface area contributed by atoms with Crippen molar-refractivity contribution in [2.24, 2.45) is 0 Å². The van der Waals surface area contributed by atoms with Gasteiger partial charge in [0.2, 0.25) is 0 Å². The highest BCUT2D eigenvalue weighted by Crippen LogP contribution is 2.37. The fourth-order valence-corrected chi connectivity index (χ4v) is 4.45. The van der Waals surface area contributed by atoms with Crippen LogP contribution in [0.15, 0.2) is 121 Å². The van der Waals surface area contributed by atoms with Crippen LogP contribution in [0.3, 0.4) is 0 Å². The number of benzene rings is 4. The molecule has 0 fully saturated rings. The smallest absolute Gasteiger partial charge is 0.418 e. The fraction of sp³-hybridized carbons (Fsp3) is 0.161. The standard InChI is InChI=1S/C31H27O4/c32-24-35-31(27-17-9-3-10-18-27,28-19-11-4-12-20-28)23-30(33)34-22-21-29(25-13-5-1-6-14-25)26-15-7-2-8-16-26/h1-20,29H,21-23H2. The maximum atomic E-state index is 13.1. The molecule has 0 amide bonds. The Labute approximate surface area is 206 Å². The zero-order valence-corrected chi connectivity index (χ0v) is 19.4. The molecule has 1 radical (unpaired) electrons. The first-order chi connectivity index (χ1) is 17.2. The highest BCUT2D eigenvalue weighted by molar-refractivity contribution is 5.73. The average molecular weight is 464 g/mol. The predicted octanol–water partition coefficient (Wildman–Crippen LogP) is 6.17. The molecule has 175 valence electrons. The van der Waals surface area contributed by atoms with Crippen molar-refractivity contribution in [2.75, 3.05) is 6.61 Å². The first kappa shape index (κ1) is 24.0. The lowest BCUT2D eigenvalue weighted by atomic mass is 9.83. The minimum Gasteiger partial charge on any atom is -0.466 e. The molecular formula is C31H27O4. The summed E-state index contributed by atoms with van der Waals surface area (Å²) in [5.74, 6) is -0.356. The quantitative estimate of drug-likeness (QED) is 0.250. The van der Waals surface area contributed by atoms with Crippen molar-refractivity contribution in [3.63, 3.8) is 0 Å². The Kier molecular flexibility index (Phi) is 8.08. The van der Waals surface area contributed by atoms with E-state index < -0.39 is 11.6 Å². The molecule has 0 aromatic heterocycles. The summed E-state index contributed by atoms with van der Waals surface area (Å²) in [4.78, 5) is 24.6. The van der Waals surface area contributed by atoms with Gasteiger partial charge in [-0.05, 0) is 17.5 Å². The van der Waals surface area contributed by atoms with Crippen molar-refractivity contribution in [1.29, 1.82) is 0 Å². The van der Waals surface area contributed by atoms with Gasteiger partial charge in [0.25, 0.3) is 0 Å². The van der Waals surface area contributed by atoms with Gasteiger partial charge in [-0.2, -0.15) is 0 Å². The zero-order chi connectivity index (χ0) is 24.3. The summed E-state index contributed by atoms with van der Waals surface area (Å²) in [6.07, 6.45) is 0.474. The summed E-state index contributed by atoms with van der Waals surface area (Å²) in [5.41, 5.74) is 2.36. The highest BCUT2D eigenvalue weighted by Gasteiger charge is 2.40. The van der Waals surface area contributed by atoms with E-state index in [1.54, 1.807) is 6.47 Å². The van der Waals surface area contributed by atoms with Crippen LogP contribution in [0.2, 0.25) is 0 Å². The predicted molar refractivity (Wildman–Crippen MR) is 135 cm³/mol. The lowest BCUT2D eigenvalue weighted by molar-refractivity contribution is -0.148. The number of carbonyl (C=O) groups excluding carboxylic acids is 2. The SMILES string of the molecule is O=[C]OC(CC(=O)OCCC(c1ccccc1)c1ccccc1)(c1ccccc1)c1ccccc1. The van der Waals surface area contributed by atoms with Crippen LogP contribution in [0.25, 0.3) is 0 Å². The summed E-state index contributed by atoms with van der Waals surface area (Å²) in [6, 6.07) is 38.8. The van der Waals surface area contributed by atoms with E-state index in [2.05, 4.69) is 24.3 Å². The van der Waals surface area contributed by atoms with Crippen LogP contribution in [0.1, 0.15) is 41.0 Å². The van der Waals surface area contributed by atoms with E-state index in [4.69, 9.17) is 9.47 Å². The minimum atomic E-state index is -1.32. The van der Waals surface area contributed by atoms with Crippen molar-refractivity contribution in [1.82, 2.24) is 0 Å². The number of hydrogen-bond donors (Lipinski definition) is 0. The van der Waals surface area contributed by atoms with Gasteiger partial charge in [0.15, 0.2) is 5.60 Å². The molecule has 0 N–H and O–H groups in total. The van der Waals surface area contributed by atoms with Crippen LogP contribution >= 0.6 is 0 Å². The van der Waals surface area contributed by atoms with Gasteiger partial charge in [-0.3, -0.25) is 4.79 Å². The lowest BCUT2D eigenvalue weighted by Gasteiger charge is -2.31. The molecule has 0 saturated carbocycles. The number of esters is 1. The second kappa shape index (κ2) is 11.8. The van der Waals surface area contributed by atoms with Gasteiger partial charge in [0, 0.05) is 17.0 Å². The van der Waals surface area contributed by atoms with E-state index in [9.17, 15) is 9.59 Å². The van der Waals surface area contributed by atoms with E-state index in [1.807, 2.05) is 97.1 Å². The molecule has 0 heterocycles. The molecule has 0 bridgehead atoms.